The van der Waals surface area contributed by atoms with Crippen LogP contribution in [0.2, 0.25) is 0 Å². The number of amides is 1. The summed E-state index contributed by atoms with van der Waals surface area (Å²) in [6.07, 6.45) is 0.728. The number of rotatable bonds is 8. The highest BCUT2D eigenvalue weighted by Gasteiger charge is 2.45. The first kappa shape index (κ1) is 25.1. The number of aryl methyl sites for hydroxylation is 2. The van der Waals surface area contributed by atoms with Crippen molar-refractivity contribution >= 4 is 15.7 Å². The van der Waals surface area contributed by atoms with E-state index in [1.54, 1.807) is 17.6 Å². The number of piperidine rings is 1. The van der Waals surface area contributed by atoms with Crippen LogP contribution in [0.5, 0.6) is 5.75 Å². The highest BCUT2D eigenvalue weighted by molar-refractivity contribution is 7.91. The molecular weight excluding hydrogens is 442 g/mol. The van der Waals surface area contributed by atoms with Gasteiger partial charge in [0.15, 0.2) is 9.84 Å². The molecule has 1 aromatic carbocycles. The number of benzene rings is 1. The number of hydrogen-bond donors (Lipinski definition) is 2. The van der Waals surface area contributed by atoms with Crippen LogP contribution in [0.15, 0.2) is 41.3 Å². The van der Waals surface area contributed by atoms with Crippen molar-refractivity contribution in [1.82, 2.24) is 15.4 Å². The molecule has 0 bridgehead atoms. The number of hydrogen-bond acceptors (Lipinski definition) is 7. The summed E-state index contributed by atoms with van der Waals surface area (Å²) in [6, 6.07) is 10.4. The summed E-state index contributed by atoms with van der Waals surface area (Å²) in [4.78, 5) is 19.2. The standard InChI is InChI=1S/C24H33N3O5S/c1-17(2)27-11-9-24(10-12-27,23(28)26-29)16-33(30,31)22-7-5-21(6-8-22)32-15-20-13-18(3)25-19(4)14-20/h5-8,13-14,17,29H,9-12,15-16H2,1-4H3,(H,26,28). The number of pyridine rings is 1. The van der Waals surface area contributed by atoms with E-state index >= 15 is 0 Å². The van der Waals surface area contributed by atoms with Gasteiger partial charge >= 0.3 is 0 Å². The van der Waals surface area contributed by atoms with Crippen LogP contribution in [0.25, 0.3) is 0 Å². The Kier molecular flexibility index (Phi) is 7.76. The van der Waals surface area contributed by atoms with Gasteiger partial charge in [0.05, 0.1) is 16.1 Å². The fraction of sp³-hybridized carbons (Fsp3) is 0.500. The Hall–Kier alpha value is -2.49. The maximum atomic E-state index is 13.2. The van der Waals surface area contributed by atoms with Crippen molar-refractivity contribution in [2.24, 2.45) is 5.41 Å². The number of nitrogens with one attached hydrogen (secondary N) is 1. The summed E-state index contributed by atoms with van der Waals surface area (Å²) in [5, 5.41) is 9.29. The summed E-state index contributed by atoms with van der Waals surface area (Å²) in [6.45, 7) is 9.53. The normalized spacial score (nSPS) is 16.5. The lowest BCUT2D eigenvalue weighted by Gasteiger charge is -2.41. The van der Waals surface area contributed by atoms with Crippen LogP contribution in [0, 0.1) is 19.3 Å². The van der Waals surface area contributed by atoms with Crippen molar-refractivity contribution in [3.05, 3.63) is 53.3 Å². The molecule has 0 unspecified atom stereocenters. The van der Waals surface area contributed by atoms with E-state index in [1.807, 2.05) is 26.0 Å². The van der Waals surface area contributed by atoms with Gasteiger partial charge in [0.25, 0.3) is 5.91 Å². The third-order valence-electron chi connectivity index (χ3n) is 6.26. The smallest absolute Gasteiger partial charge is 0.250 e. The second-order valence-electron chi connectivity index (χ2n) is 9.13. The Labute approximate surface area is 195 Å². The van der Waals surface area contributed by atoms with E-state index in [-0.39, 0.29) is 10.6 Å². The van der Waals surface area contributed by atoms with Crippen LogP contribution in [0.3, 0.4) is 0 Å². The predicted octanol–water partition coefficient (Wildman–Crippen LogP) is 3.05. The lowest BCUT2D eigenvalue weighted by molar-refractivity contribution is -0.141. The third-order valence-corrected chi connectivity index (χ3v) is 8.19. The van der Waals surface area contributed by atoms with E-state index < -0.39 is 21.2 Å². The molecule has 1 fully saturated rings. The summed E-state index contributed by atoms with van der Waals surface area (Å²) < 4.78 is 32.2. The minimum atomic E-state index is -3.76. The van der Waals surface area contributed by atoms with Gasteiger partial charge in [-0.3, -0.25) is 15.0 Å². The van der Waals surface area contributed by atoms with Crippen molar-refractivity contribution in [1.29, 1.82) is 0 Å². The summed E-state index contributed by atoms with van der Waals surface area (Å²) in [7, 11) is -3.76. The Bertz CT molecular complexity index is 1060. The van der Waals surface area contributed by atoms with Gasteiger partial charge in [-0.15, -0.1) is 0 Å². The zero-order valence-corrected chi connectivity index (χ0v) is 20.5. The van der Waals surface area contributed by atoms with E-state index in [0.29, 0.717) is 44.3 Å². The van der Waals surface area contributed by atoms with Crippen molar-refractivity contribution in [2.75, 3.05) is 18.8 Å². The third kappa shape index (κ3) is 6.10. The van der Waals surface area contributed by atoms with Crippen molar-refractivity contribution in [3.63, 3.8) is 0 Å². The maximum Gasteiger partial charge on any atom is 0.250 e. The monoisotopic (exact) mass is 475 g/mol. The number of nitrogens with zero attached hydrogens (tertiary/aromatic N) is 2. The van der Waals surface area contributed by atoms with E-state index in [1.165, 1.54) is 12.1 Å². The molecule has 8 nitrogen and oxygen atoms in total. The summed E-state index contributed by atoms with van der Waals surface area (Å²) >= 11 is 0. The minimum Gasteiger partial charge on any atom is -0.489 e. The molecule has 33 heavy (non-hydrogen) atoms. The first-order chi connectivity index (χ1) is 15.5. The van der Waals surface area contributed by atoms with Gasteiger partial charge in [0.1, 0.15) is 12.4 Å². The van der Waals surface area contributed by atoms with Crippen LogP contribution in [0.1, 0.15) is 43.6 Å². The SMILES string of the molecule is Cc1cc(COc2ccc(S(=O)(=O)CC3(C(=O)NO)CCN(C(C)C)CC3)cc2)cc(C)n1. The van der Waals surface area contributed by atoms with Gasteiger partial charge in [-0.2, -0.15) is 0 Å². The van der Waals surface area contributed by atoms with Crippen molar-refractivity contribution < 1.29 is 23.2 Å². The molecule has 2 N–H and O–H groups in total. The molecule has 3 rings (SSSR count). The molecule has 1 aliphatic heterocycles. The molecule has 1 aliphatic rings. The molecule has 0 saturated carbocycles. The van der Waals surface area contributed by atoms with Crippen LogP contribution < -0.4 is 10.2 Å². The average Bonchev–Trinajstić information content (AvgIpc) is 2.76. The first-order valence-corrected chi connectivity index (χ1v) is 12.8. The molecule has 1 amide bonds. The quantitative estimate of drug-likeness (QED) is 0.446. The minimum absolute atomic E-state index is 0.127. The Balaban J connectivity index is 1.71. The van der Waals surface area contributed by atoms with Crippen LogP contribution in [-0.4, -0.2) is 54.3 Å². The topological polar surface area (TPSA) is 109 Å². The van der Waals surface area contributed by atoms with Gasteiger partial charge in [0.2, 0.25) is 0 Å². The average molecular weight is 476 g/mol. The van der Waals surface area contributed by atoms with Gasteiger partial charge < -0.3 is 9.64 Å². The Morgan fingerprint density at radius 2 is 1.73 bits per heavy atom. The van der Waals surface area contributed by atoms with Crippen LogP contribution in [-0.2, 0) is 21.2 Å². The van der Waals surface area contributed by atoms with Crippen LogP contribution in [0.4, 0.5) is 0 Å². The fourth-order valence-electron chi connectivity index (χ4n) is 4.39. The van der Waals surface area contributed by atoms with E-state index in [4.69, 9.17) is 4.74 Å². The van der Waals surface area contributed by atoms with E-state index in [9.17, 15) is 18.4 Å². The van der Waals surface area contributed by atoms with Crippen LogP contribution >= 0.6 is 0 Å². The molecule has 0 aliphatic carbocycles. The second kappa shape index (κ2) is 10.2. The molecular formula is C24H33N3O5S. The molecule has 2 aromatic rings. The molecule has 0 atom stereocenters. The number of likely N-dealkylation sites (tertiary alicyclic amines) is 1. The summed E-state index contributed by atoms with van der Waals surface area (Å²) in [5.74, 6) is -0.444. The molecule has 0 spiro atoms. The predicted molar refractivity (Wildman–Crippen MR) is 125 cm³/mol. The fourth-order valence-corrected chi connectivity index (χ4v) is 6.25. The maximum absolute atomic E-state index is 13.2. The largest absolute Gasteiger partial charge is 0.489 e. The second-order valence-corrected chi connectivity index (χ2v) is 11.1. The lowest BCUT2D eigenvalue weighted by Crippen LogP contribution is -2.52. The van der Waals surface area contributed by atoms with Crippen molar-refractivity contribution in [3.8, 4) is 5.75 Å². The van der Waals surface area contributed by atoms with Gasteiger partial charge in [-0.1, -0.05) is 0 Å². The van der Waals surface area contributed by atoms with E-state index in [2.05, 4.69) is 23.7 Å². The Morgan fingerprint density at radius 3 is 2.24 bits per heavy atom. The molecule has 9 heteroatoms. The number of carbonyl (C=O) groups is 1. The van der Waals surface area contributed by atoms with E-state index in [0.717, 1.165) is 17.0 Å². The molecule has 2 heterocycles. The number of hydroxylamine groups is 1. The number of sulfone groups is 1. The van der Waals surface area contributed by atoms with Crippen molar-refractivity contribution in [2.45, 2.75) is 58.1 Å². The number of aromatic nitrogens is 1. The highest BCUT2D eigenvalue weighted by atomic mass is 32.2. The lowest BCUT2D eigenvalue weighted by atomic mass is 9.79. The summed E-state index contributed by atoms with van der Waals surface area (Å²) in [5.41, 5.74) is 3.35. The van der Waals surface area contributed by atoms with Gasteiger partial charge in [0, 0.05) is 17.4 Å². The zero-order valence-electron chi connectivity index (χ0n) is 19.7. The van der Waals surface area contributed by atoms with Gasteiger partial charge in [-0.05, 0) is 95.6 Å². The number of carbonyl (C=O) groups excluding carboxylic acids is 1. The highest BCUT2D eigenvalue weighted by Crippen LogP contribution is 2.36. The number of ether oxygens (including phenoxy) is 1. The molecule has 180 valence electrons. The van der Waals surface area contributed by atoms with Gasteiger partial charge in [-0.25, -0.2) is 13.9 Å². The first-order valence-electron chi connectivity index (χ1n) is 11.1. The Morgan fingerprint density at radius 1 is 1.15 bits per heavy atom. The zero-order chi connectivity index (χ0) is 24.2. The molecule has 1 saturated heterocycles. The molecule has 0 radical (unpaired) electrons. The molecule has 1 aromatic heterocycles.